The summed E-state index contributed by atoms with van der Waals surface area (Å²) in [4.78, 5) is 33.8. The molecule has 3 rings (SSSR count). The van der Waals surface area contributed by atoms with Crippen LogP contribution in [0.3, 0.4) is 0 Å². The lowest BCUT2D eigenvalue weighted by Crippen LogP contribution is -2.33. The maximum Gasteiger partial charge on any atom is 0.490 e. The Morgan fingerprint density at radius 2 is 1.96 bits per heavy atom. The van der Waals surface area contributed by atoms with E-state index in [4.69, 9.17) is 15.6 Å². The number of rotatable bonds is 3. The molecule has 1 atom stereocenters. The summed E-state index contributed by atoms with van der Waals surface area (Å²) in [6.45, 7) is 3.09. The molecule has 10 heteroatoms. The van der Waals surface area contributed by atoms with Gasteiger partial charge >= 0.3 is 12.1 Å². The second kappa shape index (κ2) is 8.38. The zero-order chi connectivity index (χ0) is 20.2. The van der Waals surface area contributed by atoms with Crippen LogP contribution in [-0.2, 0) is 33.9 Å². The Hall–Kier alpha value is -2.62. The molecule has 2 amide bonds. The van der Waals surface area contributed by atoms with Gasteiger partial charge < -0.3 is 21.1 Å². The number of alkyl halides is 3. The van der Waals surface area contributed by atoms with Gasteiger partial charge in [0.2, 0.25) is 11.8 Å². The molecule has 148 valence electrons. The van der Waals surface area contributed by atoms with Gasteiger partial charge in [-0.1, -0.05) is 18.2 Å². The van der Waals surface area contributed by atoms with Crippen LogP contribution in [0.2, 0.25) is 0 Å². The molecule has 1 aromatic rings. The molecule has 0 unspecified atom stereocenters. The van der Waals surface area contributed by atoms with E-state index in [1.807, 2.05) is 0 Å². The van der Waals surface area contributed by atoms with E-state index < -0.39 is 24.0 Å². The molecule has 4 N–H and O–H groups in total. The monoisotopic (exact) mass is 387 g/mol. The normalized spacial score (nSPS) is 19.1. The van der Waals surface area contributed by atoms with E-state index in [0.29, 0.717) is 19.5 Å². The van der Waals surface area contributed by atoms with Crippen molar-refractivity contribution in [2.24, 2.45) is 11.7 Å². The Morgan fingerprint density at radius 1 is 1.30 bits per heavy atom. The molecular formula is C17H20F3N3O4. The van der Waals surface area contributed by atoms with Gasteiger partial charge in [-0.3, -0.25) is 9.59 Å². The number of hydrogen-bond donors (Lipinski definition) is 3. The van der Waals surface area contributed by atoms with Gasteiger partial charge in [-0.25, -0.2) is 4.79 Å². The van der Waals surface area contributed by atoms with Crippen LogP contribution >= 0.6 is 0 Å². The van der Waals surface area contributed by atoms with Crippen molar-refractivity contribution in [3.05, 3.63) is 34.9 Å². The number of likely N-dealkylation sites (tertiary alicyclic amines) is 1. The number of amides is 2. The number of halogens is 3. The molecule has 2 aliphatic rings. The highest BCUT2D eigenvalue weighted by atomic mass is 19.4. The Labute approximate surface area is 153 Å². The summed E-state index contributed by atoms with van der Waals surface area (Å²) < 4.78 is 31.7. The highest BCUT2D eigenvalue weighted by molar-refractivity contribution is 6.00. The van der Waals surface area contributed by atoms with Crippen molar-refractivity contribution in [1.29, 1.82) is 0 Å². The number of primary amides is 1. The third kappa shape index (κ3) is 5.43. The highest BCUT2D eigenvalue weighted by Gasteiger charge is 2.38. The average molecular weight is 387 g/mol. The van der Waals surface area contributed by atoms with Crippen molar-refractivity contribution in [1.82, 2.24) is 10.2 Å². The predicted octanol–water partition coefficient (Wildman–Crippen LogP) is 0.799. The molecule has 27 heavy (non-hydrogen) atoms. The summed E-state index contributed by atoms with van der Waals surface area (Å²) in [6, 6.07) is 6.39. The number of carboxylic acids is 1. The molecule has 0 spiro atoms. The fourth-order valence-electron chi connectivity index (χ4n) is 3.01. The van der Waals surface area contributed by atoms with Crippen molar-refractivity contribution >= 4 is 17.8 Å². The highest BCUT2D eigenvalue weighted by Crippen LogP contribution is 2.22. The summed E-state index contributed by atoms with van der Waals surface area (Å²) in [5.74, 6) is -4.03. The van der Waals surface area contributed by atoms with Gasteiger partial charge in [0, 0.05) is 19.6 Å². The summed E-state index contributed by atoms with van der Waals surface area (Å²) in [5.41, 5.74) is 9.05. The maximum atomic E-state index is 12.1. The number of nitrogens with zero attached hydrogens (tertiary/aromatic N) is 1. The summed E-state index contributed by atoms with van der Waals surface area (Å²) in [6.07, 6.45) is -3.48. The second-order valence-corrected chi connectivity index (χ2v) is 6.34. The molecule has 0 aliphatic carbocycles. The van der Waals surface area contributed by atoms with Crippen molar-refractivity contribution in [2.75, 3.05) is 13.1 Å². The molecule has 2 heterocycles. The Kier molecular flexibility index (Phi) is 6.42. The first kappa shape index (κ1) is 20.7. The van der Waals surface area contributed by atoms with Gasteiger partial charge in [0.25, 0.3) is 0 Å². The van der Waals surface area contributed by atoms with E-state index in [-0.39, 0.29) is 5.91 Å². The number of carbonyl (C=O) groups excluding carboxylic acids is 2. The molecule has 0 aromatic heterocycles. The quantitative estimate of drug-likeness (QED) is 0.664. The van der Waals surface area contributed by atoms with Gasteiger partial charge in [-0.05, 0) is 36.1 Å². The van der Waals surface area contributed by atoms with Crippen molar-refractivity contribution in [2.45, 2.75) is 32.1 Å². The fraction of sp³-hybridized carbons (Fsp3) is 0.471. The second-order valence-electron chi connectivity index (χ2n) is 6.34. The van der Waals surface area contributed by atoms with Gasteiger partial charge in [0.15, 0.2) is 0 Å². The average Bonchev–Trinajstić information content (AvgIpc) is 2.95. The van der Waals surface area contributed by atoms with Crippen LogP contribution in [0.15, 0.2) is 18.2 Å². The van der Waals surface area contributed by atoms with Gasteiger partial charge in [-0.2, -0.15) is 13.2 Å². The smallest absolute Gasteiger partial charge is 0.475 e. The lowest BCUT2D eigenvalue weighted by atomic mass is 9.98. The number of hydrogen-bond acceptors (Lipinski definition) is 4. The van der Waals surface area contributed by atoms with Crippen molar-refractivity contribution in [3.8, 4) is 0 Å². The zero-order valence-corrected chi connectivity index (χ0v) is 14.4. The minimum absolute atomic E-state index is 0.131. The molecule has 0 bridgehead atoms. The van der Waals surface area contributed by atoms with Crippen molar-refractivity contribution in [3.63, 3.8) is 0 Å². The van der Waals surface area contributed by atoms with E-state index in [0.717, 1.165) is 25.1 Å². The minimum Gasteiger partial charge on any atom is -0.475 e. The van der Waals surface area contributed by atoms with Crippen LogP contribution in [0, 0.1) is 5.92 Å². The van der Waals surface area contributed by atoms with Crippen LogP contribution in [0.25, 0.3) is 0 Å². The molecule has 1 aromatic carbocycles. The first-order chi connectivity index (χ1) is 12.6. The number of carbonyl (C=O) groups is 3. The maximum absolute atomic E-state index is 12.1. The Morgan fingerprint density at radius 3 is 2.52 bits per heavy atom. The number of carboxylic acid groups (broad SMARTS) is 1. The summed E-state index contributed by atoms with van der Waals surface area (Å²) >= 11 is 0. The van der Waals surface area contributed by atoms with Crippen LogP contribution in [-0.4, -0.2) is 47.1 Å². The molecule has 0 radical (unpaired) electrons. The number of benzene rings is 1. The van der Waals surface area contributed by atoms with Crippen molar-refractivity contribution < 1.29 is 32.7 Å². The van der Waals surface area contributed by atoms with Crippen LogP contribution in [0.4, 0.5) is 13.2 Å². The lowest BCUT2D eigenvalue weighted by molar-refractivity contribution is -0.192. The van der Waals surface area contributed by atoms with E-state index >= 15 is 0 Å². The molecule has 2 aliphatic heterocycles. The van der Waals surface area contributed by atoms with Gasteiger partial charge in [-0.15, -0.1) is 0 Å². The Bertz CT molecular complexity index is 737. The number of nitrogens with two attached hydrogens (primary N) is 1. The number of aliphatic carboxylic acids is 1. The summed E-state index contributed by atoms with van der Waals surface area (Å²) in [7, 11) is 0. The third-order valence-corrected chi connectivity index (χ3v) is 4.41. The molecule has 0 saturated carbocycles. The predicted molar refractivity (Wildman–Crippen MR) is 88.3 cm³/mol. The molecule has 1 saturated heterocycles. The standard InChI is InChI=1S/C15H19N3O2.C2HF3O2/c16-14(19)13-4-6-18(15(13)20)9-10-1-2-11-3-5-17-8-12(11)7-10;3-2(4,5)1(6)7/h1-2,7,13,17H,3-6,8-9H2,(H2,16,19);(H,6,7)/t13-;/m0./s1. The van der Waals surface area contributed by atoms with Crippen LogP contribution < -0.4 is 11.1 Å². The van der Waals surface area contributed by atoms with E-state index in [1.165, 1.54) is 11.1 Å². The van der Waals surface area contributed by atoms with E-state index in [2.05, 4.69) is 23.5 Å². The number of fused-ring (bicyclic) bond motifs is 1. The fourth-order valence-corrected chi connectivity index (χ4v) is 3.01. The van der Waals surface area contributed by atoms with Gasteiger partial charge in [0.1, 0.15) is 5.92 Å². The first-order valence-electron chi connectivity index (χ1n) is 8.29. The van der Waals surface area contributed by atoms with E-state index in [1.54, 1.807) is 4.90 Å². The third-order valence-electron chi connectivity index (χ3n) is 4.41. The zero-order valence-electron chi connectivity index (χ0n) is 14.4. The van der Waals surface area contributed by atoms with Crippen LogP contribution in [0.1, 0.15) is 23.1 Å². The first-order valence-corrected chi connectivity index (χ1v) is 8.29. The Balaban J connectivity index is 0.000000321. The SMILES string of the molecule is NC(=O)[C@@H]1CCN(Cc2ccc3c(c2)CNCC3)C1=O.O=C(O)C(F)(F)F. The summed E-state index contributed by atoms with van der Waals surface area (Å²) in [5, 5.41) is 10.5. The van der Waals surface area contributed by atoms with Crippen LogP contribution in [0.5, 0.6) is 0 Å². The molecule has 7 nitrogen and oxygen atoms in total. The van der Waals surface area contributed by atoms with Gasteiger partial charge in [0.05, 0.1) is 0 Å². The molecule has 1 fully saturated rings. The number of nitrogens with one attached hydrogen (secondary N) is 1. The van der Waals surface area contributed by atoms with E-state index in [9.17, 15) is 22.8 Å². The molecular weight excluding hydrogens is 367 g/mol. The lowest BCUT2D eigenvalue weighted by Gasteiger charge is -2.20. The topological polar surface area (TPSA) is 113 Å². The largest absolute Gasteiger partial charge is 0.490 e. The minimum atomic E-state index is -5.08.